The molecule has 0 unspecified atom stereocenters. The van der Waals surface area contributed by atoms with Gasteiger partial charge in [0.1, 0.15) is 4.21 Å². The lowest BCUT2D eigenvalue weighted by molar-refractivity contribution is 0.163. The molecule has 3 aromatic heterocycles. The Bertz CT molecular complexity index is 976. The van der Waals surface area contributed by atoms with Gasteiger partial charge in [-0.15, -0.1) is 11.3 Å². The molecule has 0 radical (unpaired) electrons. The average Bonchev–Trinajstić information content (AvgIpc) is 3.36. The molecule has 0 aliphatic carbocycles. The first kappa shape index (κ1) is 18.3. The van der Waals surface area contributed by atoms with Crippen molar-refractivity contribution in [3.63, 3.8) is 0 Å². The maximum absolute atomic E-state index is 12.7. The van der Waals surface area contributed by atoms with Crippen LogP contribution in [0.2, 0.25) is 0 Å². The molecule has 0 N–H and O–H groups in total. The van der Waals surface area contributed by atoms with Crippen molar-refractivity contribution >= 4 is 48.6 Å². The minimum absolute atomic E-state index is 0.370. The van der Waals surface area contributed by atoms with Crippen molar-refractivity contribution in [3.05, 3.63) is 38.6 Å². The van der Waals surface area contributed by atoms with Crippen LogP contribution in [-0.4, -0.2) is 53.9 Å². The summed E-state index contributed by atoms with van der Waals surface area (Å²) in [7, 11) is -3.42. The van der Waals surface area contributed by atoms with Crippen LogP contribution in [0.4, 0.5) is 0 Å². The Hall–Kier alpha value is -1.11. The van der Waals surface area contributed by atoms with E-state index in [9.17, 15) is 8.42 Å². The molecule has 4 heterocycles. The molecule has 0 amide bonds. The van der Waals surface area contributed by atoms with Crippen LogP contribution < -0.4 is 0 Å². The third kappa shape index (κ3) is 3.78. The molecule has 1 fully saturated rings. The van der Waals surface area contributed by atoms with Gasteiger partial charge in [0.25, 0.3) is 10.0 Å². The number of halogens is 1. The normalized spacial score (nSPS) is 17.0. The standard InChI is InChI=1S/C15H15BrN4O3S3/c16-12-1-2-14(25-12)26(21,22)20-6-4-19(5-7-20)9-13-17-15(18-23-13)11-3-8-24-10-11/h1-3,8,10H,4-7,9H2. The number of aromatic nitrogens is 2. The largest absolute Gasteiger partial charge is 0.338 e. The molecule has 0 spiro atoms. The summed E-state index contributed by atoms with van der Waals surface area (Å²) in [5, 5.41) is 7.95. The molecule has 0 saturated carbocycles. The first-order valence-corrected chi connectivity index (χ1v) is 11.8. The smallest absolute Gasteiger partial charge is 0.252 e. The first-order chi connectivity index (χ1) is 12.5. The van der Waals surface area contributed by atoms with Gasteiger partial charge in [-0.25, -0.2) is 8.42 Å². The van der Waals surface area contributed by atoms with Crippen LogP contribution in [0.5, 0.6) is 0 Å². The van der Waals surface area contributed by atoms with E-state index in [0.29, 0.717) is 48.6 Å². The van der Waals surface area contributed by atoms with Gasteiger partial charge in [-0.1, -0.05) is 5.16 Å². The van der Waals surface area contributed by atoms with Gasteiger partial charge in [0.15, 0.2) is 0 Å². The van der Waals surface area contributed by atoms with Crippen LogP contribution >= 0.6 is 38.6 Å². The summed E-state index contributed by atoms with van der Waals surface area (Å²) in [5.41, 5.74) is 0.947. The van der Waals surface area contributed by atoms with E-state index in [0.717, 1.165) is 9.35 Å². The number of rotatable bonds is 5. The van der Waals surface area contributed by atoms with Crippen molar-refractivity contribution in [2.45, 2.75) is 10.8 Å². The number of piperazine rings is 1. The predicted octanol–water partition coefficient (Wildman–Crippen LogP) is 3.13. The van der Waals surface area contributed by atoms with Crippen molar-refractivity contribution in [1.82, 2.24) is 19.3 Å². The highest BCUT2D eigenvalue weighted by atomic mass is 79.9. The average molecular weight is 475 g/mol. The van der Waals surface area contributed by atoms with Gasteiger partial charge in [-0.05, 0) is 39.5 Å². The maximum atomic E-state index is 12.7. The number of hydrogen-bond donors (Lipinski definition) is 0. The summed E-state index contributed by atoms with van der Waals surface area (Å²) < 4.78 is 33.4. The van der Waals surface area contributed by atoms with E-state index in [1.165, 1.54) is 15.6 Å². The van der Waals surface area contributed by atoms with Gasteiger partial charge in [-0.2, -0.15) is 20.6 Å². The quantitative estimate of drug-likeness (QED) is 0.564. The molecular formula is C15H15BrN4O3S3. The topological polar surface area (TPSA) is 79.5 Å². The molecule has 0 atom stereocenters. The van der Waals surface area contributed by atoms with E-state index in [-0.39, 0.29) is 0 Å². The van der Waals surface area contributed by atoms with Crippen LogP contribution in [0.3, 0.4) is 0 Å². The highest BCUT2D eigenvalue weighted by Gasteiger charge is 2.30. The molecule has 138 valence electrons. The fourth-order valence-electron chi connectivity index (χ4n) is 2.71. The van der Waals surface area contributed by atoms with Crippen molar-refractivity contribution in [2.24, 2.45) is 0 Å². The van der Waals surface area contributed by atoms with Crippen LogP contribution in [-0.2, 0) is 16.6 Å². The SMILES string of the molecule is O=S(=O)(c1ccc(Br)s1)N1CCN(Cc2nc(-c3ccsc3)no2)CC1. The lowest BCUT2D eigenvalue weighted by Gasteiger charge is -2.32. The van der Waals surface area contributed by atoms with E-state index in [4.69, 9.17) is 4.52 Å². The van der Waals surface area contributed by atoms with Gasteiger partial charge >= 0.3 is 0 Å². The van der Waals surface area contributed by atoms with E-state index in [2.05, 4.69) is 31.0 Å². The zero-order chi connectivity index (χ0) is 18.1. The van der Waals surface area contributed by atoms with Crippen molar-refractivity contribution < 1.29 is 12.9 Å². The van der Waals surface area contributed by atoms with Gasteiger partial charge in [0.05, 0.1) is 10.3 Å². The third-order valence-electron chi connectivity index (χ3n) is 4.08. The Labute approximate surface area is 167 Å². The molecule has 11 heteroatoms. The second-order valence-corrected chi connectivity index (χ2v) is 11.2. The van der Waals surface area contributed by atoms with Crippen LogP contribution in [0.15, 0.2) is 41.5 Å². The molecule has 1 aliphatic heterocycles. The second kappa shape index (κ2) is 7.49. The fourth-order valence-corrected chi connectivity index (χ4v) is 6.93. The second-order valence-electron chi connectivity index (χ2n) is 5.76. The number of hydrogen-bond acceptors (Lipinski definition) is 8. The van der Waals surface area contributed by atoms with E-state index < -0.39 is 10.0 Å². The highest BCUT2D eigenvalue weighted by molar-refractivity contribution is 9.11. The lowest BCUT2D eigenvalue weighted by Crippen LogP contribution is -2.48. The van der Waals surface area contributed by atoms with Gasteiger partial charge < -0.3 is 4.52 Å². The Morgan fingerprint density at radius 3 is 2.65 bits per heavy atom. The van der Waals surface area contributed by atoms with E-state index in [1.54, 1.807) is 23.5 Å². The summed E-state index contributed by atoms with van der Waals surface area (Å²) in [6.07, 6.45) is 0. The van der Waals surface area contributed by atoms with Gasteiger partial charge in [0, 0.05) is 37.1 Å². The fraction of sp³-hybridized carbons (Fsp3) is 0.333. The predicted molar refractivity (Wildman–Crippen MR) is 104 cm³/mol. The van der Waals surface area contributed by atoms with Crippen molar-refractivity contribution in [1.29, 1.82) is 0 Å². The van der Waals surface area contributed by atoms with Gasteiger partial charge in [-0.3, -0.25) is 4.90 Å². The zero-order valence-electron chi connectivity index (χ0n) is 13.5. The molecule has 3 aromatic rings. The summed E-state index contributed by atoms with van der Waals surface area (Å²) >= 11 is 6.14. The maximum Gasteiger partial charge on any atom is 0.252 e. The van der Waals surface area contributed by atoms with Crippen LogP contribution in [0.25, 0.3) is 11.4 Å². The number of thiophene rings is 2. The molecule has 0 bridgehead atoms. The minimum Gasteiger partial charge on any atom is -0.338 e. The summed E-state index contributed by atoms with van der Waals surface area (Å²) in [6.45, 7) is 2.67. The number of sulfonamides is 1. The molecule has 4 rings (SSSR count). The molecule has 26 heavy (non-hydrogen) atoms. The van der Waals surface area contributed by atoms with Crippen LogP contribution in [0.1, 0.15) is 5.89 Å². The summed E-state index contributed by atoms with van der Waals surface area (Å²) in [6, 6.07) is 5.35. The Kier molecular flexibility index (Phi) is 5.26. The van der Waals surface area contributed by atoms with E-state index in [1.807, 2.05) is 16.8 Å². The Balaban J connectivity index is 1.37. The lowest BCUT2D eigenvalue weighted by atomic mass is 10.3. The van der Waals surface area contributed by atoms with Gasteiger partial charge in [0.2, 0.25) is 11.7 Å². The Morgan fingerprint density at radius 1 is 1.19 bits per heavy atom. The van der Waals surface area contributed by atoms with E-state index >= 15 is 0 Å². The van der Waals surface area contributed by atoms with Crippen molar-refractivity contribution in [2.75, 3.05) is 26.2 Å². The molecule has 0 aromatic carbocycles. The van der Waals surface area contributed by atoms with Crippen molar-refractivity contribution in [3.8, 4) is 11.4 Å². The monoisotopic (exact) mass is 474 g/mol. The minimum atomic E-state index is -3.42. The molecule has 1 aliphatic rings. The summed E-state index contributed by atoms with van der Waals surface area (Å²) in [5.74, 6) is 1.13. The Morgan fingerprint density at radius 2 is 2.00 bits per heavy atom. The molecular weight excluding hydrogens is 460 g/mol. The molecule has 1 saturated heterocycles. The zero-order valence-corrected chi connectivity index (χ0v) is 17.6. The number of nitrogens with zero attached hydrogens (tertiary/aromatic N) is 4. The summed E-state index contributed by atoms with van der Waals surface area (Å²) in [4.78, 5) is 6.54. The third-order valence-corrected chi connectivity index (χ3v) is 8.75. The highest BCUT2D eigenvalue weighted by Crippen LogP contribution is 2.29. The molecule has 7 nitrogen and oxygen atoms in total. The van der Waals surface area contributed by atoms with Crippen LogP contribution in [0, 0.1) is 0 Å². The first-order valence-electron chi connectivity index (χ1n) is 7.85.